The fourth-order valence-corrected chi connectivity index (χ4v) is 3.98. The highest BCUT2D eigenvalue weighted by Crippen LogP contribution is 2.32. The van der Waals surface area contributed by atoms with Gasteiger partial charge in [-0.05, 0) is 44.5 Å². The molecule has 4 aromatic rings. The van der Waals surface area contributed by atoms with Crippen LogP contribution in [0, 0.1) is 5.82 Å². The number of para-hydroxylation sites is 1. The number of esters is 1. The van der Waals surface area contributed by atoms with Crippen LogP contribution in [0.4, 0.5) is 4.39 Å². The number of rotatable bonds is 5. The van der Waals surface area contributed by atoms with Gasteiger partial charge in [0.05, 0.1) is 16.6 Å². The van der Waals surface area contributed by atoms with Gasteiger partial charge in [0.15, 0.2) is 0 Å². The molecule has 0 amide bonds. The summed E-state index contributed by atoms with van der Waals surface area (Å²) < 4.78 is 25.1. The average molecular weight is 425 g/mol. The van der Waals surface area contributed by atoms with Crippen LogP contribution in [0.1, 0.15) is 37.6 Å². The molecule has 8 heteroatoms. The van der Waals surface area contributed by atoms with Gasteiger partial charge in [-0.2, -0.15) is 0 Å². The van der Waals surface area contributed by atoms with Gasteiger partial charge in [0.2, 0.25) is 11.8 Å². The first-order valence-electron chi connectivity index (χ1n) is 9.44. The molecule has 0 aliphatic heterocycles. The van der Waals surface area contributed by atoms with Crippen molar-refractivity contribution in [1.29, 1.82) is 0 Å². The largest absolute Gasteiger partial charge is 0.460 e. The number of carbonyl (C=O) groups excluding carboxylic acids is 1. The Bertz CT molecular complexity index is 1190. The van der Waals surface area contributed by atoms with Crippen LogP contribution in [-0.4, -0.2) is 26.8 Å². The number of nitrogens with zero attached hydrogens (tertiary/aromatic N) is 3. The third-order valence-electron chi connectivity index (χ3n) is 4.15. The van der Waals surface area contributed by atoms with E-state index in [1.807, 2.05) is 18.2 Å². The molecule has 0 fully saturated rings. The Morgan fingerprint density at radius 1 is 1.10 bits per heavy atom. The molecule has 6 nitrogen and oxygen atoms in total. The van der Waals surface area contributed by atoms with Gasteiger partial charge in [-0.3, -0.25) is 4.79 Å². The van der Waals surface area contributed by atoms with Gasteiger partial charge in [0.1, 0.15) is 22.8 Å². The molecule has 0 bridgehead atoms. The number of carbonyl (C=O) groups is 1. The van der Waals surface area contributed by atoms with E-state index in [4.69, 9.17) is 14.1 Å². The molecule has 0 unspecified atom stereocenters. The van der Waals surface area contributed by atoms with Crippen LogP contribution in [0.5, 0.6) is 0 Å². The summed E-state index contributed by atoms with van der Waals surface area (Å²) in [5.41, 5.74) is 2.11. The lowest BCUT2D eigenvalue weighted by Crippen LogP contribution is -2.24. The first kappa shape index (κ1) is 20.2. The zero-order chi connectivity index (χ0) is 21.3. The minimum Gasteiger partial charge on any atom is -0.460 e. The third-order valence-corrected chi connectivity index (χ3v) is 5.17. The lowest BCUT2D eigenvalue weighted by Gasteiger charge is -2.18. The van der Waals surface area contributed by atoms with Crippen molar-refractivity contribution in [2.75, 3.05) is 0 Å². The number of halogens is 1. The molecule has 0 N–H and O–H groups in total. The van der Waals surface area contributed by atoms with E-state index in [9.17, 15) is 9.18 Å². The van der Waals surface area contributed by atoms with E-state index < -0.39 is 11.6 Å². The Hall–Kier alpha value is -3.13. The predicted octanol–water partition coefficient (Wildman–Crippen LogP) is 4.96. The maximum absolute atomic E-state index is 13.3. The summed E-state index contributed by atoms with van der Waals surface area (Å²) in [5, 5.41) is 8.77. The number of fused-ring (bicyclic) bond motifs is 1. The maximum atomic E-state index is 13.3. The second-order valence-corrected chi connectivity index (χ2v) is 8.91. The van der Waals surface area contributed by atoms with Crippen LogP contribution >= 0.6 is 11.3 Å². The molecule has 0 radical (unpaired) electrons. The molecule has 154 valence electrons. The van der Waals surface area contributed by atoms with E-state index in [1.54, 1.807) is 32.9 Å². The predicted molar refractivity (Wildman–Crippen MR) is 112 cm³/mol. The van der Waals surface area contributed by atoms with E-state index in [-0.39, 0.29) is 18.1 Å². The summed E-state index contributed by atoms with van der Waals surface area (Å²) in [5.74, 6) is -0.0894. The van der Waals surface area contributed by atoms with Gasteiger partial charge in [-0.15, -0.1) is 21.5 Å². The topological polar surface area (TPSA) is 78.1 Å². The fourth-order valence-electron chi connectivity index (χ4n) is 2.99. The molecule has 2 aromatic heterocycles. The fraction of sp³-hybridized carbons (Fsp3) is 0.273. The quantitative estimate of drug-likeness (QED) is 0.421. The summed E-state index contributed by atoms with van der Waals surface area (Å²) in [6.07, 6.45) is 0.294. The van der Waals surface area contributed by atoms with Crippen molar-refractivity contribution in [3.8, 4) is 11.1 Å². The van der Waals surface area contributed by atoms with Crippen LogP contribution in [0.15, 0.2) is 46.9 Å². The lowest BCUT2D eigenvalue weighted by atomic mass is 10.0. The number of ether oxygens (including phenoxy) is 1. The average Bonchev–Trinajstić information content (AvgIpc) is 3.27. The molecular formula is C22H20FN3O3S. The van der Waals surface area contributed by atoms with Crippen molar-refractivity contribution in [3.05, 3.63) is 65.1 Å². The highest BCUT2D eigenvalue weighted by Gasteiger charge is 2.20. The highest BCUT2D eigenvalue weighted by atomic mass is 32.1. The number of hydrogen-bond donors (Lipinski definition) is 0. The van der Waals surface area contributed by atoms with Crippen LogP contribution in [0.25, 0.3) is 21.3 Å². The molecule has 4 rings (SSSR count). The number of hydrogen-bond acceptors (Lipinski definition) is 7. The van der Waals surface area contributed by atoms with Crippen molar-refractivity contribution in [2.24, 2.45) is 0 Å². The maximum Gasteiger partial charge on any atom is 0.315 e. The minimum absolute atomic E-state index is 0.0706. The smallest absolute Gasteiger partial charge is 0.315 e. The standard InChI is InChI=1S/C22H20FN3O3S/c1-22(2,3)29-20(27)12-18-26-25-17(28-18)11-19-24-21-15(5-4-6-16(21)30-19)13-7-9-14(23)10-8-13/h4-10H,11-12H2,1-3H3. The summed E-state index contributed by atoms with van der Waals surface area (Å²) in [6.45, 7) is 5.41. The van der Waals surface area contributed by atoms with Crippen molar-refractivity contribution in [1.82, 2.24) is 15.2 Å². The van der Waals surface area contributed by atoms with Gasteiger partial charge in [-0.25, -0.2) is 9.37 Å². The van der Waals surface area contributed by atoms with Gasteiger partial charge >= 0.3 is 5.97 Å². The van der Waals surface area contributed by atoms with E-state index >= 15 is 0 Å². The summed E-state index contributed by atoms with van der Waals surface area (Å²) in [6, 6.07) is 12.3. The van der Waals surface area contributed by atoms with Gasteiger partial charge in [0, 0.05) is 5.56 Å². The first-order valence-corrected chi connectivity index (χ1v) is 10.3. The monoisotopic (exact) mass is 425 g/mol. The van der Waals surface area contributed by atoms with Gasteiger partial charge in [0.25, 0.3) is 0 Å². The Labute approximate surface area is 176 Å². The zero-order valence-electron chi connectivity index (χ0n) is 16.8. The molecular weight excluding hydrogens is 405 g/mol. The Morgan fingerprint density at radius 3 is 2.57 bits per heavy atom. The van der Waals surface area contributed by atoms with E-state index in [0.717, 1.165) is 26.4 Å². The summed E-state index contributed by atoms with van der Waals surface area (Å²) in [4.78, 5) is 16.7. The summed E-state index contributed by atoms with van der Waals surface area (Å²) in [7, 11) is 0. The summed E-state index contributed by atoms with van der Waals surface area (Å²) >= 11 is 1.53. The van der Waals surface area contributed by atoms with E-state index in [2.05, 4.69) is 10.2 Å². The molecule has 2 heterocycles. The third kappa shape index (κ3) is 4.71. The van der Waals surface area contributed by atoms with Gasteiger partial charge < -0.3 is 9.15 Å². The van der Waals surface area contributed by atoms with Gasteiger partial charge in [-0.1, -0.05) is 24.3 Å². The normalized spacial score (nSPS) is 11.7. The Kier molecular flexibility index (Phi) is 5.34. The van der Waals surface area contributed by atoms with Crippen LogP contribution in [-0.2, 0) is 22.4 Å². The molecule has 0 atom stereocenters. The second kappa shape index (κ2) is 7.95. The molecule has 0 saturated heterocycles. The molecule has 2 aromatic carbocycles. The number of aromatic nitrogens is 3. The number of benzene rings is 2. The molecule has 0 aliphatic rings. The van der Waals surface area contributed by atoms with Crippen molar-refractivity contribution >= 4 is 27.5 Å². The SMILES string of the molecule is CC(C)(C)OC(=O)Cc1nnc(Cc2nc3c(-c4ccc(F)cc4)cccc3s2)o1. The van der Waals surface area contributed by atoms with Crippen molar-refractivity contribution < 1.29 is 18.3 Å². The lowest BCUT2D eigenvalue weighted by molar-refractivity contribution is -0.154. The minimum atomic E-state index is -0.566. The molecule has 0 aliphatic carbocycles. The second-order valence-electron chi connectivity index (χ2n) is 7.80. The Balaban J connectivity index is 1.53. The zero-order valence-corrected chi connectivity index (χ0v) is 17.6. The van der Waals surface area contributed by atoms with Crippen LogP contribution in [0.3, 0.4) is 0 Å². The Morgan fingerprint density at radius 2 is 1.83 bits per heavy atom. The molecule has 0 spiro atoms. The molecule has 0 saturated carbocycles. The first-order chi connectivity index (χ1) is 14.3. The van der Waals surface area contributed by atoms with E-state index in [1.165, 1.54) is 23.5 Å². The van der Waals surface area contributed by atoms with E-state index in [0.29, 0.717) is 12.3 Å². The van der Waals surface area contributed by atoms with Crippen LogP contribution in [0.2, 0.25) is 0 Å². The van der Waals surface area contributed by atoms with Crippen molar-refractivity contribution in [3.63, 3.8) is 0 Å². The van der Waals surface area contributed by atoms with Crippen LogP contribution < -0.4 is 0 Å². The molecule has 30 heavy (non-hydrogen) atoms. The highest BCUT2D eigenvalue weighted by molar-refractivity contribution is 7.18. The number of thiazole rings is 1. The van der Waals surface area contributed by atoms with Crippen molar-refractivity contribution in [2.45, 2.75) is 39.2 Å².